The Labute approximate surface area is 207 Å². The van der Waals surface area contributed by atoms with Crippen molar-refractivity contribution in [3.05, 3.63) is 82.8 Å². The summed E-state index contributed by atoms with van der Waals surface area (Å²) in [6.45, 7) is 2.17. The van der Waals surface area contributed by atoms with Crippen molar-refractivity contribution in [3.63, 3.8) is 0 Å². The quantitative estimate of drug-likeness (QED) is 0.468. The summed E-state index contributed by atoms with van der Waals surface area (Å²) < 4.78 is 28.6. The van der Waals surface area contributed by atoms with E-state index in [-0.39, 0.29) is 10.8 Å². The molecule has 9 heteroatoms. The molecule has 176 valence electrons. The van der Waals surface area contributed by atoms with E-state index < -0.39 is 22.5 Å². The Kier molecular flexibility index (Phi) is 7.04. The third-order valence-corrected chi connectivity index (χ3v) is 7.89. The number of nitrogens with one attached hydrogen (secondary N) is 1. The molecule has 1 saturated heterocycles. The van der Waals surface area contributed by atoms with Gasteiger partial charge in [-0.15, -0.1) is 0 Å². The van der Waals surface area contributed by atoms with Crippen LogP contribution in [-0.4, -0.2) is 33.3 Å². The van der Waals surface area contributed by atoms with Crippen LogP contribution in [0.4, 0.5) is 17.1 Å². The van der Waals surface area contributed by atoms with Gasteiger partial charge >= 0.3 is 0 Å². The van der Waals surface area contributed by atoms with Crippen LogP contribution in [0.5, 0.6) is 0 Å². The van der Waals surface area contributed by atoms with E-state index in [4.69, 9.17) is 0 Å². The molecular weight excluding hydrogens is 518 g/mol. The Morgan fingerprint density at radius 3 is 2.38 bits per heavy atom. The molecule has 0 aromatic heterocycles. The van der Waals surface area contributed by atoms with Crippen molar-refractivity contribution in [1.29, 1.82) is 0 Å². The largest absolute Gasteiger partial charge is 0.325 e. The second-order valence-corrected chi connectivity index (χ2v) is 10.8. The first kappa shape index (κ1) is 24.0. The topological polar surface area (TPSA) is 86.8 Å². The summed E-state index contributed by atoms with van der Waals surface area (Å²) in [6, 6.07) is 20.1. The number of carbonyl (C=O) groups is 2. The van der Waals surface area contributed by atoms with Gasteiger partial charge in [0, 0.05) is 28.8 Å². The molecule has 0 aliphatic carbocycles. The van der Waals surface area contributed by atoms with Crippen molar-refractivity contribution in [3.8, 4) is 0 Å². The van der Waals surface area contributed by atoms with Gasteiger partial charge in [-0.25, -0.2) is 8.42 Å². The van der Waals surface area contributed by atoms with Gasteiger partial charge in [0.25, 0.3) is 10.0 Å². The molecule has 1 fully saturated rings. The van der Waals surface area contributed by atoms with Crippen LogP contribution < -0.4 is 14.5 Å². The molecule has 0 atom stereocenters. The first-order valence-corrected chi connectivity index (χ1v) is 13.0. The molecule has 1 aliphatic heterocycles. The zero-order chi connectivity index (χ0) is 24.3. The summed E-state index contributed by atoms with van der Waals surface area (Å²) in [4.78, 5) is 26.9. The van der Waals surface area contributed by atoms with Crippen molar-refractivity contribution in [2.75, 3.05) is 27.6 Å². The molecule has 3 aromatic carbocycles. The van der Waals surface area contributed by atoms with E-state index in [2.05, 4.69) is 21.2 Å². The van der Waals surface area contributed by atoms with E-state index in [1.54, 1.807) is 65.6 Å². The predicted molar refractivity (Wildman–Crippen MR) is 137 cm³/mol. The van der Waals surface area contributed by atoms with E-state index in [0.717, 1.165) is 26.4 Å². The van der Waals surface area contributed by atoms with Gasteiger partial charge in [-0.1, -0.05) is 34.1 Å². The fourth-order valence-corrected chi connectivity index (χ4v) is 5.62. The third kappa shape index (κ3) is 5.15. The zero-order valence-electron chi connectivity index (χ0n) is 18.6. The fraction of sp³-hybridized carbons (Fsp3) is 0.200. The lowest BCUT2D eigenvalue weighted by Crippen LogP contribution is -2.38. The number of anilines is 3. The molecule has 3 aromatic rings. The van der Waals surface area contributed by atoms with E-state index in [1.807, 2.05) is 6.92 Å². The first-order valence-electron chi connectivity index (χ1n) is 10.8. The second-order valence-electron chi connectivity index (χ2n) is 8.00. The van der Waals surface area contributed by atoms with Crippen molar-refractivity contribution in [2.24, 2.45) is 0 Å². The van der Waals surface area contributed by atoms with E-state index in [9.17, 15) is 18.0 Å². The number of hydrogen-bond donors (Lipinski definition) is 1. The summed E-state index contributed by atoms with van der Waals surface area (Å²) in [6.07, 6.45) is 1.37. The van der Waals surface area contributed by atoms with Crippen LogP contribution >= 0.6 is 15.9 Å². The SMILES string of the molecule is Cc1cc(NC(=O)CN(c2ccc(Br)cc2)S(=O)(=O)c2ccccc2)ccc1N1CCCC1=O. The Hall–Kier alpha value is -3.17. The summed E-state index contributed by atoms with van der Waals surface area (Å²) in [5, 5.41) is 2.79. The van der Waals surface area contributed by atoms with E-state index in [0.29, 0.717) is 24.3 Å². The molecule has 1 N–H and O–H groups in total. The van der Waals surface area contributed by atoms with Crippen molar-refractivity contribution in [2.45, 2.75) is 24.7 Å². The molecule has 0 radical (unpaired) electrons. The van der Waals surface area contributed by atoms with Crippen molar-refractivity contribution in [1.82, 2.24) is 0 Å². The number of carbonyl (C=O) groups excluding carboxylic acids is 2. The molecule has 2 amide bonds. The van der Waals surface area contributed by atoms with Crippen molar-refractivity contribution >= 4 is 54.8 Å². The molecule has 0 spiro atoms. The van der Waals surface area contributed by atoms with Gasteiger partial charge < -0.3 is 10.2 Å². The number of halogens is 1. The van der Waals surface area contributed by atoms with Gasteiger partial charge in [0.05, 0.1) is 10.6 Å². The van der Waals surface area contributed by atoms with Crippen LogP contribution in [-0.2, 0) is 19.6 Å². The standard InChI is InChI=1S/C25H24BrN3O4S/c1-18-16-20(11-14-23(18)28-15-5-8-25(28)31)27-24(30)17-29(21-12-9-19(26)10-13-21)34(32,33)22-6-3-2-4-7-22/h2-4,6-7,9-14,16H,5,8,15,17H2,1H3,(H,27,30). The molecule has 0 saturated carbocycles. The predicted octanol–water partition coefficient (Wildman–Crippen LogP) is 4.72. The lowest BCUT2D eigenvalue weighted by Gasteiger charge is -2.24. The molecule has 0 bridgehead atoms. The van der Waals surface area contributed by atoms with Gasteiger partial charge in [-0.3, -0.25) is 13.9 Å². The van der Waals surface area contributed by atoms with Crippen LogP contribution in [0.25, 0.3) is 0 Å². The maximum absolute atomic E-state index is 13.4. The summed E-state index contributed by atoms with van der Waals surface area (Å²) >= 11 is 3.35. The number of amides is 2. The molecule has 7 nitrogen and oxygen atoms in total. The minimum Gasteiger partial charge on any atom is -0.325 e. The maximum atomic E-state index is 13.4. The van der Waals surface area contributed by atoms with E-state index in [1.165, 1.54) is 12.1 Å². The monoisotopic (exact) mass is 541 g/mol. The molecular formula is C25H24BrN3O4S. The number of nitrogens with zero attached hydrogens (tertiary/aromatic N) is 2. The number of rotatable bonds is 7. The Balaban J connectivity index is 1.57. The first-order chi connectivity index (χ1) is 16.3. The zero-order valence-corrected chi connectivity index (χ0v) is 21.0. The number of hydrogen-bond acceptors (Lipinski definition) is 4. The molecule has 4 rings (SSSR count). The van der Waals surface area contributed by atoms with E-state index >= 15 is 0 Å². The normalized spacial score (nSPS) is 13.7. The van der Waals surface area contributed by atoms with Crippen LogP contribution in [0, 0.1) is 6.92 Å². The minimum absolute atomic E-state index is 0.0937. The average molecular weight is 542 g/mol. The maximum Gasteiger partial charge on any atom is 0.264 e. The molecule has 1 aliphatic rings. The molecule has 1 heterocycles. The fourth-order valence-electron chi connectivity index (χ4n) is 3.91. The van der Waals surface area contributed by atoms with Gasteiger partial charge in [-0.2, -0.15) is 0 Å². The highest BCUT2D eigenvalue weighted by Crippen LogP contribution is 2.28. The van der Waals surface area contributed by atoms with Crippen LogP contribution in [0.1, 0.15) is 18.4 Å². The van der Waals surface area contributed by atoms with Gasteiger partial charge in [0.15, 0.2) is 0 Å². The van der Waals surface area contributed by atoms with Gasteiger partial charge in [0.2, 0.25) is 11.8 Å². The van der Waals surface area contributed by atoms with Gasteiger partial charge in [-0.05, 0) is 73.5 Å². The van der Waals surface area contributed by atoms with Gasteiger partial charge in [0.1, 0.15) is 6.54 Å². The lowest BCUT2D eigenvalue weighted by atomic mass is 10.1. The lowest BCUT2D eigenvalue weighted by molar-refractivity contribution is -0.117. The Morgan fingerprint density at radius 2 is 1.76 bits per heavy atom. The summed E-state index contributed by atoms with van der Waals surface area (Å²) in [5.74, 6) is -0.386. The smallest absolute Gasteiger partial charge is 0.264 e. The number of sulfonamides is 1. The van der Waals surface area contributed by atoms with Crippen LogP contribution in [0.2, 0.25) is 0 Å². The van der Waals surface area contributed by atoms with Crippen LogP contribution in [0.15, 0.2) is 82.2 Å². The second kappa shape index (κ2) is 9.99. The minimum atomic E-state index is -3.97. The third-order valence-electron chi connectivity index (χ3n) is 5.58. The summed E-state index contributed by atoms with van der Waals surface area (Å²) in [5.41, 5.74) is 2.59. The average Bonchev–Trinajstić information content (AvgIpc) is 3.24. The highest BCUT2D eigenvalue weighted by atomic mass is 79.9. The summed E-state index contributed by atoms with van der Waals surface area (Å²) in [7, 11) is -3.97. The number of benzene rings is 3. The highest BCUT2D eigenvalue weighted by Gasteiger charge is 2.27. The Morgan fingerprint density at radius 1 is 1.06 bits per heavy atom. The number of aryl methyl sites for hydroxylation is 1. The van der Waals surface area contributed by atoms with Crippen molar-refractivity contribution < 1.29 is 18.0 Å². The molecule has 0 unspecified atom stereocenters. The highest BCUT2D eigenvalue weighted by molar-refractivity contribution is 9.10. The van der Waals surface area contributed by atoms with Crippen LogP contribution in [0.3, 0.4) is 0 Å². The molecule has 34 heavy (non-hydrogen) atoms. The Bertz CT molecular complexity index is 1310.